The molecule has 2 unspecified atom stereocenters. The van der Waals surface area contributed by atoms with E-state index in [-0.39, 0.29) is 0 Å². The zero-order valence-corrected chi connectivity index (χ0v) is 23.9. The monoisotopic (exact) mass is 447 g/mol. The van der Waals surface area contributed by atoms with Gasteiger partial charge in [0.05, 0.1) is 0 Å². The van der Waals surface area contributed by atoms with Gasteiger partial charge in [-0.3, -0.25) is 0 Å². The van der Waals surface area contributed by atoms with E-state index in [9.17, 15) is 0 Å². The smallest absolute Gasteiger partial charge is 0.0192 e. The van der Waals surface area contributed by atoms with Gasteiger partial charge in [-0.15, -0.1) is 13.2 Å². The lowest BCUT2D eigenvalue weighted by Crippen LogP contribution is -2.25. The van der Waals surface area contributed by atoms with E-state index in [0.29, 0.717) is 17.2 Å². The Morgan fingerprint density at radius 1 is 1.03 bits per heavy atom. The molecule has 0 aromatic carbocycles. The minimum Gasteiger partial charge on any atom is -0.304 e. The van der Waals surface area contributed by atoms with Crippen LogP contribution in [0.1, 0.15) is 82.6 Å². The standard InChI is InChI=1S/C8H14.C6H15N.C5H10S.C3H6S.2C2H6/c1-4-6-7-8(3)5-2;1-5-7(4)6(2)3;1-4(2)5(3)6;1-2-3-4;2*1-2/h4-6,8H,2,7H2,1,3H3;6H,5H2,1-4H3;5-6H,1H2,2-3H3;2,4H,1,3H2;2*1-2H3/b6-4-;;;;;. The van der Waals surface area contributed by atoms with E-state index in [0.717, 1.165) is 24.3 Å². The van der Waals surface area contributed by atoms with Crippen LogP contribution in [0.25, 0.3) is 0 Å². The second-order valence-corrected chi connectivity index (χ2v) is 7.32. The Morgan fingerprint density at radius 3 is 1.48 bits per heavy atom. The van der Waals surface area contributed by atoms with E-state index in [1.54, 1.807) is 6.08 Å². The van der Waals surface area contributed by atoms with Crippen LogP contribution >= 0.6 is 25.3 Å². The molecule has 0 N–H and O–H groups in total. The van der Waals surface area contributed by atoms with Crippen LogP contribution in [0.3, 0.4) is 0 Å². The molecule has 178 valence electrons. The fourth-order valence-corrected chi connectivity index (χ4v) is 0.812. The summed E-state index contributed by atoms with van der Waals surface area (Å²) in [5.41, 5.74) is 1.12. The average Bonchev–Trinajstić information content (AvgIpc) is 2.74. The van der Waals surface area contributed by atoms with Gasteiger partial charge in [-0.1, -0.05) is 78.0 Å². The van der Waals surface area contributed by atoms with Gasteiger partial charge in [0.2, 0.25) is 0 Å². The van der Waals surface area contributed by atoms with Gasteiger partial charge in [-0.05, 0) is 60.5 Å². The predicted octanol–water partition coefficient (Wildman–Crippen LogP) is 9.16. The second-order valence-electron chi connectivity index (χ2n) is 6.18. The quantitative estimate of drug-likeness (QED) is 0.290. The van der Waals surface area contributed by atoms with Crippen LogP contribution in [0.2, 0.25) is 0 Å². The van der Waals surface area contributed by atoms with Crippen LogP contribution in [0.15, 0.2) is 49.6 Å². The highest BCUT2D eigenvalue weighted by molar-refractivity contribution is 7.81. The van der Waals surface area contributed by atoms with E-state index in [1.165, 1.54) is 0 Å². The third-order valence-electron chi connectivity index (χ3n) is 3.37. The molecule has 0 rings (SSSR count). The summed E-state index contributed by atoms with van der Waals surface area (Å²) in [6.07, 6.45) is 9.06. The Bertz CT molecular complexity index is 321. The summed E-state index contributed by atoms with van der Waals surface area (Å²) >= 11 is 7.90. The molecule has 1 nitrogen and oxygen atoms in total. The SMILES string of the molecule is C=C(C)C(C)S.C=CC(C)C/C=C\C.C=CCS.CC.CC.CCN(C)C(C)C. The van der Waals surface area contributed by atoms with Gasteiger partial charge < -0.3 is 4.90 Å². The lowest BCUT2D eigenvalue weighted by atomic mass is 10.1. The van der Waals surface area contributed by atoms with E-state index in [4.69, 9.17) is 0 Å². The van der Waals surface area contributed by atoms with Gasteiger partial charge in [0.25, 0.3) is 0 Å². The molecule has 0 aliphatic carbocycles. The predicted molar refractivity (Wildman–Crippen MR) is 152 cm³/mol. The molecular formula is C26H57NS2. The van der Waals surface area contributed by atoms with Gasteiger partial charge in [-0.2, -0.15) is 25.3 Å². The van der Waals surface area contributed by atoms with Crippen molar-refractivity contribution < 1.29 is 0 Å². The molecule has 0 heterocycles. The van der Waals surface area contributed by atoms with E-state index in [2.05, 4.69) is 96.8 Å². The summed E-state index contributed by atoms with van der Waals surface area (Å²) < 4.78 is 0. The number of thiol groups is 2. The Hall–Kier alpha value is -0.380. The number of hydrogen-bond donors (Lipinski definition) is 2. The topological polar surface area (TPSA) is 3.24 Å². The van der Waals surface area contributed by atoms with Gasteiger partial charge in [-0.25, -0.2) is 0 Å². The second kappa shape index (κ2) is 41.9. The van der Waals surface area contributed by atoms with Crippen molar-refractivity contribution in [1.82, 2.24) is 4.90 Å². The molecule has 0 bridgehead atoms. The number of rotatable bonds is 7. The molecule has 0 aromatic rings. The summed E-state index contributed by atoms with van der Waals surface area (Å²) in [6.45, 7) is 34.6. The minimum absolute atomic E-state index is 0.352. The zero-order chi connectivity index (χ0) is 24.8. The lowest BCUT2D eigenvalue weighted by molar-refractivity contribution is 0.289. The first kappa shape index (κ1) is 42.7. The largest absolute Gasteiger partial charge is 0.304 e. The molecule has 29 heavy (non-hydrogen) atoms. The van der Waals surface area contributed by atoms with Crippen LogP contribution in [0, 0.1) is 5.92 Å². The van der Waals surface area contributed by atoms with Crippen molar-refractivity contribution in [3.05, 3.63) is 49.6 Å². The molecule has 0 saturated carbocycles. The normalized spacial score (nSPS) is 10.8. The third kappa shape index (κ3) is 65.6. The maximum absolute atomic E-state index is 4.09. The maximum Gasteiger partial charge on any atom is 0.0192 e. The van der Waals surface area contributed by atoms with Crippen molar-refractivity contribution >= 4 is 25.3 Å². The first-order valence-corrected chi connectivity index (χ1v) is 12.2. The molecule has 3 heteroatoms. The van der Waals surface area contributed by atoms with Gasteiger partial charge >= 0.3 is 0 Å². The Labute approximate surface area is 198 Å². The minimum atomic E-state index is 0.352. The van der Waals surface area contributed by atoms with Crippen molar-refractivity contribution in [1.29, 1.82) is 0 Å². The van der Waals surface area contributed by atoms with Crippen molar-refractivity contribution in [2.24, 2.45) is 5.92 Å². The van der Waals surface area contributed by atoms with Crippen LogP contribution < -0.4 is 0 Å². The summed E-state index contributed by atoms with van der Waals surface area (Å²) in [4.78, 5) is 2.29. The highest BCUT2D eigenvalue weighted by atomic mass is 32.1. The molecule has 0 fully saturated rings. The Kier molecular flexibility index (Phi) is 61.6. The van der Waals surface area contributed by atoms with Crippen LogP contribution in [0.4, 0.5) is 0 Å². The maximum atomic E-state index is 4.09. The summed E-state index contributed by atoms with van der Waals surface area (Å²) in [6, 6.07) is 0.699. The van der Waals surface area contributed by atoms with Crippen LogP contribution in [0.5, 0.6) is 0 Å². The molecule has 2 atom stereocenters. The van der Waals surface area contributed by atoms with E-state index < -0.39 is 0 Å². The van der Waals surface area contributed by atoms with E-state index in [1.807, 2.05) is 54.5 Å². The third-order valence-corrected chi connectivity index (χ3v) is 4.07. The van der Waals surface area contributed by atoms with Crippen molar-refractivity contribution in [3.63, 3.8) is 0 Å². The Morgan fingerprint density at radius 2 is 1.38 bits per heavy atom. The van der Waals surface area contributed by atoms with Gasteiger partial charge in [0.1, 0.15) is 0 Å². The lowest BCUT2D eigenvalue weighted by Gasteiger charge is -2.17. The van der Waals surface area contributed by atoms with Crippen molar-refractivity contribution in [2.75, 3.05) is 19.3 Å². The molecule has 0 aromatic heterocycles. The first-order valence-electron chi connectivity index (χ1n) is 11.0. The van der Waals surface area contributed by atoms with Gasteiger partial charge in [0.15, 0.2) is 0 Å². The fourth-order valence-electron chi connectivity index (χ4n) is 0.812. The highest BCUT2D eigenvalue weighted by Gasteiger charge is 1.95. The average molecular weight is 448 g/mol. The summed E-state index contributed by atoms with van der Waals surface area (Å²) in [5, 5.41) is 0.352. The fraction of sp³-hybridized carbons (Fsp3) is 0.692. The molecule has 0 radical (unpaired) electrons. The van der Waals surface area contributed by atoms with E-state index >= 15 is 0 Å². The highest BCUT2D eigenvalue weighted by Crippen LogP contribution is 2.02. The van der Waals surface area contributed by atoms with Crippen molar-refractivity contribution in [3.8, 4) is 0 Å². The Balaban J connectivity index is -0.0000000585. The van der Waals surface area contributed by atoms with Crippen molar-refractivity contribution in [2.45, 2.75) is 93.9 Å². The molecule has 0 saturated heterocycles. The number of nitrogens with zero attached hydrogens (tertiary/aromatic N) is 1. The summed E-state index contributed by atoms with van der Waals surface area (Å²) in [5.74, 6) is 1.41. The molecular weight excluding hydrogens is 390 g/mol. The zero-order valence-electron chi connectivity index (χ0n) is 22.1. The molecule has 0 aliphatic heterocycles. The number of allylic oxidation sites excluding steroid dienone is 3. The number of hydrogen-bond acceptors (Lipinski definition) is 3. The van der Waals surface area contributed by atoms with Crippen LogP contribution in [-0.4, -0.2) is 35.5 Å². The van der Waals surface area contributed by atoms with Gasteiger partial charge in [0, 0.05) is 17.0 Å². The summed E-state index contributed by atoms with van der Waals surface area (Å²) in [7, 11) is 2.13. The van der Waals surface area contributed by atoms with Crippen LogP contribution in [-0.2, 0) is 0 Å². The first-order chi connectivity index (χ1) is 13.5. The molecule has 0 amide bonds. The molecule has 0 aliphatic rings. The molecule has 0 spiro atoms.